The van der Waals surface area contributed by atoms with Crippen LogP contribution in [0.4, 0.5) is 18.0 Å². The van der Waals surface area contributed by atoms with Crippen molar-refractivity contribution in [2.45, 2.75) is 44.4 Å². The number of hydrogen-bond acceptors (Lipinski definition) is 3. The molecule has 4 amide bonds. The Labute approximate surface area is 160 Å². The highest BCUT2D eigenvalue weighted by Gasteiger charge is 2.58. The highest BCUT2D eigenvalue weighted by molar-refractivity contribution is 6.07. The molecule has 2 heterocycles. The summed E-state index contributed by atoms with van der Waals surface area (Å²) in [5.74, 6) is -0.726. The summed E-state index contributed by atoms with van der Waals surface area (Å²) in [5, 5.41) is 0. The van der Waals surface area contributed by atoms with Crippen molar-refractivity contribution in [1.29, 1.82) is 0 Å². The van der Waals surface area contributed by atoms with Crippen LogP contribution in [-0.4, -0.2) is 63.9 Å². The number of amides is 4. The molecule has 152 valence electrons. The first-order chi connectivity index (χ1) is 13.1. The number of likely N-dealkylation sites (tertiary alicyclic amines) is 1. The molecule has 1 spiro atoms. The van der Waals surface area contributed by atoms with Crippen LogP contribution in [-0.2, 0) is 16.1 Å². The summed E-state index contributed by atoms with van der Waals surface area (Å²) in [6.45, 7) is 1.44. The smallest absolute Gasteiger partial charge is 0.343 e. The molecule has 0 atom stereocenters. The van der Waals surface area contributed by atoms with Crippen LogP contribution in [0.2, 0.25) is 0 Å². The van der Waals surface area contributed by atoms with E-state index < -0.39 is 36.6 Å². The first-order valence-electron chi connectivity index (χ1n) is 9.14. The average molecular weight is 397 g/mol. The van der Waals surface area contributed by atoms with Gasteiger partial charge >= 0.3 is 12.2 Å². The van der Waals surface area contributed by atoms with Gasteiger partial charge in [0, 0.05) is 33.1 Å². The normalized spacial score (nSPS) is 19.6. The molecule has 0 N–H and O–H groups in total. The average Bonchev–Trinajstić information content (AvgIpc) is 2.82. The fraction of sp³-hybridized carbons (Fsp3) is 0.526. The van der Waals surface area contributed by atoms with Crippen LogP contribution in [0.15, 0.2) is 30.3 Å². The van der Waals surface area contributed by atoms with Gasteiger partial charge < -0.3 is 9.80 Å². The highest BCUT2D eigenvalue weighted by atomic mass is 19.4. The van der Waals surface area contributed by atoms with Crippen molar-refractivity contribution in [3.05, 3.63) is 35.9 Å². The number of nitrogens with zero attached hydrogens (tertiary/aromatic N) is 3. The minimum atomic E-state index is -4.46. The van der Waals surface area contributed by atoms with Crippen LogP contribution in [0.3, 0.4) is 0 Å². The Morgan fingerprint density at radius 3 is 2.25 bits per heavy atom. The summed E-state index contributed by atoms with van der Waals surface area (Å²) in [6, 6.07) is 8.31. The lowest BCUT2D eigenvalue weighted by Crippen LogP contribution is -2.56. The number of alkyl halides is 3. The quantitative estimate of drug-likeness (QED) is 0.734. The van der Waals surface area contributed by atoms with Gasteiger partial charge in [-0.2, -0.15) is 13.2 Å². The second kappa shape index (κ2) is 7.44. The zero-order valence-corrected chi connectivity index (χ0v) is 15.5. The molecule has 0 radical (unpaired) electrons. The molecule has 1 aromatic rings. The molecule has 2 fully saturated rings. The minimum Gasteiger partial charge on any atom is -0.343 e. The summed E-state index contributed by atoms with van der Waals surface area (Å²) in [5.41, 5.74) is -0.417. The number of imide groups is 1. The molecule has 2 aliphatic heterocycles. The van der Waals surface area contributed by atoms with Gasteiger partial charge in [-0.05, 0) is 18.4 Å². The Kier molecular flexibility index (Phi) is 5.36. The van der Waals surface area contributed by atoms with E-state index >= 15 is 0 Å². The summed E-state index contributed by atoms with van der Waals surface area (Å²) >= 11 is 0. The molecule has 6 nitrogen and oxygen atoms in total. The van der Waals surface area contributed by atoms with Gasteiger partial charge in [0.1, 0.15) is 5.54 Å². The molecule has 0 saturated carbocycles. The van der Waals surface area contributed by atoms with Gasteiger partial charge in [0.15, 0.2) is 0 Å². The van der Waals surface area contributed by atoms with Gasteiger partial charge in [0.2, 0.25) is 5.91 Å². The summed E-state index contributed by atoms with van der Waals surface area (Å²) in [4.78, 5) is 41.3. The van der Waals surface area contributed by atoms with E-state index in [4.69, 9.17) is 0 Å². The Balaban J connectivity index is 1.88. The number of hydrogen-bond donors (Lipinski definition) is 0. The van der Waals surface area contributed by atoms with Crippen molar-refractivity contribution in [3.63, 3.8) is 0 Å². The van der Waals surface area contributed by atoms with Crippen LogP contribution in [0, 0.1) is 0 Å². The van der Waals surface area contributed by atoms with Gasteiger partial charge in [0.05, 0.1) is 6.42 Å². The molecule has 28 heavy (non-hydrogen) atoms. The summed E-state index contributed by atoms with van der Waals surface area (Å²) < 4.78 is 38.0. The number of piperidine rings is 1. The fourth-order valence-corrected chi connectivity index (χ4v) is 3.88. The molecule has 2 saturated heterocycles. The first kappa shape index (κ1) is 20.2. The maximum atomic E-state index is 13.1. The zero-order chi connectivity index (χ0) is 20.5. The number of urea groups is 1. The van der Waals surface area contributed by atoms with Gasteiger partial charge in [-0.25, -0.2) is 4.79 Å². The van der Waals surface area contributed by atoms with Crippen molar-refractivity contribution in [1.82, 2.24) is 14.7 Å². The molecule has 0 unspecified atom stereocenters. The second-order valence-electron chi connectivity index (χ2n) is 7.21. The van der Waals surface area contributed by atoms with Crippen molar-refractivity contribution in [2.75, 3.05) is 19.6 Å². The zero-order valence-electron chi connectivity index (χ0n) is 15.5. The first-order valence-corrected chi connectivity index (χ1v) is 9.14. The van der Waals surface area contributed by atoms with Crippen molar-refractivity contribution in [3.8, 4) is 0 Å². The van der Waals surface area contributed by atoms with E-state index in [-0.39, 0.29) is 38.4 Å². The van der Waals surface area contributed by atoms with Crippen LogP contribution < -0.4 is 0 Å². The van der Waals surface area contributed by atoms with Crippen molar-refractivity contribution >= 4 is 17.8 Å². The molecule has 1 aromatic carbocycles. The van der Waals surface area contributed by atoms with Crippen molar-refractivity contribution < 1.29 is 27.6 Å². The van der Waals surface area contributed by atoms with Gasteiger partial charge in [0.25, 0.3) is 5.91 Å². The predicted octanol–water partition coefficient (Wildman–Crippen LogP) is 2.78. The number of halogens is 3. The largest absolute Gasteiger partial charge is 0.390 e. The van der Waals surface area contributed by atoms with Crippen LogP contribution in [0.1, 0.15) is 31.7 Å². The second-order valence-corrected chi connectivity index (χ2v) is 7.21. The van der Waals surface area contributed by atoms with Gasteiger partial charge in [-0.3, -0.25) is 14.5 Å². The van der Waals surface area contributed by atoms with Crippen LogP contribution in [0.5, 0.6) is 0 Å². The SMILES string of the molecule is CC(=O)N1CCC2(CC1)C(=O)N(CCC(F)(F)F)C(=O)N2Cc1ccccc1. The third-order valence-electron chi connectivity index (χ3n) is 5.46. The molecule has 0 aromatic heterocycles. The third-order valence-corrected chi connectivity index (χ3v) is 5.46. The van der Waals surface area contributed by atoms with Crippen LogP contribution in [0.25, 0.3) is 0 Å². The topological polar surface area (TPSA) is 60.9 Å². The third kappa shape index (κ3) is 3.83. The molecule has 9 heteroatoms. The van der Waals surface area contributed by atoms with E-state index in [0.29, 0.717) is 0 Å². The van der Waals surface area contributed by atoms with Gasteiger partial charge in [-0.1, -0.05) is 30.3 Å². The highest BCUT2D eigenvalue weighted by Crippen LogP contribution is 2.39. The molecule has 2 aliphatic rings. The molecule has 0 aliphatic carbocycles. The van der Waals surface area contributed by atoms with Crippen LogP contribution >= 0.6 is 0 Å². The Bertz CT molecular complexity index is 759. The standard InChI is InChI=1S/C19H22F3N3O3/c1-14(26)23-10-7-18(8-11-23)16(27)24(12-9-19(20,21)22)17(28)25(18)13-15-5-3-2-4-6-15/h2-6H,7-13H2,1H3. The predicted molar refractivity (Wildman–Crippen MR) is 94.0 cm³/mol. The number of carbonyl (C=O) groups excluding carboxylic acids is 3. The lowest BCUT2D eigenvalue weighted by Gasteiger charge is -2.42. The molecule has 0 bridgehead atoms. The number of carbonyl (C=O) groups is 3. The van der Waals surface area contributed by atoms with E-state index in [2.05, 4.69) is 0 Å². The van der Waals surface area contributed by atoms with E-state index in [1.165, 1.54) is 11.8 Å². The maximum absolute atomic E-state index is 13.1. The summed E-state index contributed by atoms with van der Waals surface area (Å²) in [7, 11) is 0. The molecular weight excluding hydrogens is 375 g/mol. The number of rotatable bonds is 4. The lowest BCUT2D eigenvalue weighted by atomic mass is 9.85. The maximum Gasteiger partial charge on any atom is 0.390 e. The van der Waals surface area contributed by atoms with Crippen molar-refractivity contribution in [2.24, 2.45) is 0 Å². The van der Waals surface area contributed by atoms with E-state index in [0.717, 1.165) is 10.5 Å². The van der Waals surface area contributed by atoms with Gasteiger partial charge in [-0.15, -0.1) is 0 Å². The minimum absolute atomic E-state index is 0.129. The van der Waals surface area contributed by atoms with E-state index in [1.54, 1.807) is 29.2 Å². The summed E-state index contributed by atoms with van der Waals surface area (Å²) in [6.07, 6.45) is -5.27. The Hall–Kier alpha value is -2.58. The Morgan fingerprint density at radius 1 is 1.11 bits per heavy atom. The van der Waals surface area contributed by atoms with E-state index in [9.17, 15) is 27.6 Å². The Morgan fingerprint density at radius 2 is 1.71 bits per heavy atom. The lowest BCUT2D eigenvalue weighted by molar-refractivity contribution is -0.146. The molecule has 3 rings (SSSR count). The van der Waals surface area contributed by atoms with E-state index in [1.807, 2.05) is 6.07 Å². The molecular formula is C19H22F3N3O3. The number of benzene rings is 1. The fourth-order valence-electron chi connectivity index (χ4n) is 3.88. The monoisotopic (exact) mass is 397 g/mol.